The summed E-state index contributed by atoms with van der Waals surface area (Å²) < 4.78 is 5.01. The van der Waals surface area contributed by atoms with Gasteiger partial charge < -0.3 is 26.8 Å². The lowest BCUT2D eigenvalue weighted by atomic mass is 10.1. The number of aromatic nitrogens is 2. The molecule has 1 heterocycles. The minimum Gasteiger partial charge on any atom is -0.383 e. The van der Waals surface area contributed by atoms with Crippen LogP contribution in [0.5, 0.6) is 0 Å². The van der Waals surface area contributed by atoms with E-state index in [4.69, 9.17) is 16.2 Å². The fourth-order valence-corrected chi connectivity index (χ4v) is 2.70. The average Bonchev–Trinajstić information content (AvgIpc) is 2.67. The van der Waals surface area contributed by atoms with Gasteiger partial charge in [-0.25, -0.2) is 4.98 Å². The number of hydrogen-bond donors (Lipinski definition) is 4. The number of rotatable bonds is 8. The van der Waals surface area contributed by atoms with Crippen LogP contribution < -0.4 is 22.1 Å². The number of primary amides is 1. The summed E-state index contributed by atoms with van der Waals surface area (Å²) in [5, 5.41) is 8.32. The van der Waals surface area contributed by atoms with E-state index in [1.807, 2.05) is 42.5 Å². The minimum atomic E-state index is -0.611. The highest BCUT2D eigenvalue weighted by Crippen LogP contribution is 2.27. The number of nitrogens with zero attached hydrogens (tertiary/aromatic N) is 2. The van der Waals surface area contributed by atoms with Gasteiger partial charge in [0.15, 0.2) is 0 Å². The summed E-state index contributed by atoms with van der Waals surface area (Å²) >= 11 is 0. The Hall–Kier alpha value is -3.23. The average molecular weight is 366 g/mol. The molecule has 8 nitrogen and oxygen atoms in total. The lowest BCUT2D eigenvalue weighted by molar-refractivity contribution is 0.100. The smallest absolute Gasteiger partial charge is 0.254 e. The highest BCUT2D eigenvalue weighted by Gasteiger charge is 2.14. The summed E-state index contributed by atoms with van der Waals surface area (Å²) in [5.41, 5.74) is 12.4. The Morgan fingerprint density at radius 3 is 2.78 bits per heavy atom. The van der Waals surface area contributed by atoms with E-state index in [2.05, 4.69) is 20.6 Å². The molecule has 0 saturated carbocycles. The van der Waals surface area contributed by atoms with Crippen LogP contribution in [0.4, 0.5) is 17.5 Å². The standard InChI is InChI=1S/C19H22N6O2/c1-27-11-13(20)9-22-19-23-10-15(17(21)26)18(25-19)24-16-8-4-6-12-5-2-3-7-14(12)16/h2-8,10,13H,9,11,20H2,1H3,(H2,21,26)(H2,22,23,24,25)/t13-/m0/s1. The van der Waals surface area contributed by atoms with Crippen LogP contribution in [0.15, 0.2) is 48.7 Å². The van der Waals surface area contributed by atoms with E-state index < -0.39 is 5.91 Å². The number of amides is 1. The van der Waals surface area contributed by atoms with Crippen molar-refractivity contribution in [2.75, 3.05) is 30.9 Å². The van der Waals surface area contributed by atoms with Crippen LogP contribution in [0.1, 0.15) is 10.4 Å². The summed E-state index contributed by atoms with van der Waals surface area (Å²) in [5.74, 6) is 0.0614. The van der Waals surface area contributed by atoms with Gasteiger partial charge in [-0.15, -0.1) is 0 Å². The number of nitrogens with one attached hydrogen (secondary N) is 2. The molecule has 1 atom stereocenters. The van der Waals surface area contributed by atoms with Crippen LogP contribution in [0, 0.1) is 0 Å². The Morgan fingerprint density at radius 1 is 1.22 bits per heavy atom. The van der Waals surface area contributed by atoms with E-state index in [1.54, 1.807) is 7.11 Å². The van der Waals surface area contributed by atoms with Crippen LogP contribution >= 0.6 is 0 Å². The maximum Gasteiger partial charge on any atom is 0.254 e. The normalized spacial score (nSPS) is 11.9. The molecule has 0 bridgehead atoms. The molecule has 8 heteroatoms. The summed E-state index contributed by atoms with van der Waals surface area (Å²) in [7, 11) is 1.59. The van der Waals surface area contributed by atoms with Crippen molar-refractivity contribution in [3.05, 3.63) is 54.2 Å². The third kappa shape index (κ3) is 4.49. The molecule has 0 aliphatic heterocycles. The van der Waals surface area contributed by atoms with Crippen LogP contribution in [0.25, 0.3) is 10.8 Å². The predicted octanol–water partition coefficient (Wildman–Crippen LogP) is 1.86. The summed E-state index contributed by atoms with van der Waals surface area (Å²) in [6, 6.07) is 13.6. The number of carbonyl (C=O) groups is 1. The highest BCUT2D eigenvalue weighted by atomic mass is 16.5. The van der Waals surface area contributed by atoms with E-state index in [0.29, 0.717) is 24.9 Å². The van der Waals surface area contributed by atoms with Crippen molar-refractivity contribution < 1.29 is 9.53 Å². The number of methoxy groups -OCH3 is 1. The third-order valence-electron chi connectivity index (χ3n) is 4.00. The fourth-order valence-electron chi connectivity index (χ4n) is 2.70. The van der Waals surface area contributed by atoms with Crippen LogP contribution in [0.2, 0.25) is 0 Å². The molecule has 0 unspecified atom stereocenters. The Morgan fingerprint density at radius 2 is 2.00 bits per heavy atom. The van der Waals surface area contributed by atoms with Gasteiger partial charge in [-0.2, -0.15) is 4.98 Å². The van der Waals surface area contributed by atoms with E-state index in [-0.39, 0.29) is 11.6 Å². The van der Waals surface area contributed by atoms with Crippen LogP contribution in [0.3, 0.4) is 0 Å². The van der Waals surface area contributed by atoms with Crippen molar-refractivity contribution in [2.45, 2.75) is 6.04 Å². The van der Waals surface area contributed by atoms with Crippen LogP contribution in [-0.2, 0) is 4.74 Å². The molecule has 0 aliphatic rings. The first kappa shape index (κ1) is 18.6. The van der Waals surface area contributed by atoms with Gasteiger partial charge in [0.05, 0.1) is 6.61 Å². The second kappa shape index (κ2) is 8.43. The van der Waals surface area contributed by atoms with E-state index in [1.165, 1.54) is 6.20 Å². The van der Waals surface area contributed by atoms with Crippen molar-refractivity contribution >= 4 is 34.1 Å². The Labute approximate surface area is 156 Å². The van der Waals surface area contributed by atoms with Crippen molar-refractivity contribution in [3.8, 4) is 0 Å². The molecule has 3 rings (SSSR count). The topological polar surface area (TPSA) is 128 Å². The first-order valence-corrected chi connectivity index (χ1v) is 8.48. The molecule has 0 spiro atoms. The summed E-state index contributed by atoms with van der Waals surface area (Å²) in [4.78, 5) is 20.3. The first-order chi connectivity index (χ1) is 13.1. The predicted molar refractivity (Wildman–Crippen MR) is 106 cm³/mol. The molecule has 2 aromatic carbocycles. The Kier molecular flexibility index (Phi) is 5.80. The first-order valence-electron chi connectivity index (χ1n) is 8.48. The number of nitrogens with two attached hydrogens (primary N) is 2. The zero-order valence-electron chi connectivity index (χ0n) is 15.0. The molecule has 3 aromatic rings. The lowest BCUT2D eigenvalue weighted by Gasteiger charge is -2.14. The highest BCUT2D eigenvalue weighted by molar-refractivity contribution is 6.00. The van der Waals surface area contributed by atoms with Gasteiger partial charge in [0, 0.05) is 37.0 Å². The maximum atomic E-state index is 11.8. The summed E-state index contributed by atoms with van der Waals surface area (Å²) in [6.45, 7) is 0.838. The maximum absolute atomic E-state index is 11.8. The number of fused-ring (bicyclic) bond motifs is 1. The number of carbonyl (C=O) groups excluding carboxylic acids is 1. The molecule has 0 saturated heterocycles. The largest absolute Gasteiger partial charge is 0.383 e. The zero-order valence-corrected chi connectivity index (χ0v) is 15.0. The van der Waals surface area contributed by atoms with Gasteiger partial charge in [-0.3, -0.25) is 4.79 Å². The second-order valence-corrected chi connectivity index (χ2v) is 6.07. The molecule has 0 radical (unpaired) electrons. The van der Waals surface area contributed by atoms with Crippen molar-refractivity contribution in [1.29, 1.82) is 0 Å². The van der Waals surface area contributed by atoms with E-state index >= 15 is 0 Å². The van der Waals surface area contributed by atoms with Gasteiger partial charge in [0.2, 0.25) is 5.95 Å². The number of ether oxygens (including phenoxy) is 1. The molecule has 140 valence electrons. The van der Waals surface area contributed by atoms with E-state index in [9.17, 15) is 4.79 Å². The molecular formula is C19H22N6O2. The van der Waals surface area contributed by atoms with Gasteiger partial charge in [0.1, 0.15) is 11.4 Å². The monoisotopic (exact) mass is 366 g/mol. The molecule has 1 aromatic heterocycles. The van der Waals surface area contributed by atoms with Gasteiger partial charge in [-0.1, -0.05) is 36.4 Å². The SMILES string of the molecule is COC[C@@H](N)CNc1ncc(C(N)=O)c(Nc2cccc3ccccc23)n1. The Bertz CT molecular complexity index is 941. The van der Waals surface area contributed by atoms with E-state index in [0.717, 1.165) is 16.5 Å². The summed E-state index contributed by atoms with van der Waals surface area (Å²) in [6.07, 6.45) is 1.40. The lowest BCUT2D eigenvalue weighted by Crippen LogP contribution is -2.33. The second-order valence-electron chi connectivity index (χ2n) is 6.07. The zero-order chi connectivity index (χ0) is 19.2. The molecule has 0 aliphatic carbocycles. The van der Waals surface area contributed by atoms with Crippen molar-refractivity contribution in [1.82, 2.24) is 9.97 Å². The molecular weight excluding hydrogens is 344 g/mol. The number of hydrogen-bond acceptors (Lipinski definition) is 7. The quantitative estimate of drug-likeness (QED) is 0.479. The minimum absolute atomic E-state index is 0.203. The van der Waals surface area contributed by atoms with Crippen molar-refractivity contribution in [3.63, 3.8) is 0 Å². The number of anilines is 3. The third-order valence-corrected chi connectivity index (χ3v) is 4.00. The van der Waals surface area contributed by atoms with Crippen LogP contribution in [-0.4, -0.2) is 42.2 Å². The molecule has 27 heavy (non-hydrogen) atoms. The fraction of sp³-hybridized carbons (Fsp3) is 0.211. The number of benzene rings is 2. The molecule has 0 fully saturated rings. The molecule has 6 N–H and O–H groups in total. The molecule has 1 amide bonds. The van der Waals surface area contributed by atoms with Gasteiger partial charge in [0.25, 0.3) is 5.91 Å². The van der Waals surface area contributed by atoms with Gasteiger partial charge in [-0.05, 0) is 11.5 Å². The Balaban J connectivity index is 1.90. The van der Waals surface area contributed by atoms with Crippen molar-refractivity contribution in [2.24, 2.45) is 11.5 Å². The van der Waals surface area contributed by atoms with Gasteiger partial charge >= 0.3 is 0 Å².